The van der Waals surface area contributed by atoms with Crippen LogP contribution in [0.15, 0.2) is 6.07 Å². The van der Waals surface area contributed by atoms with Crippen LogP contribution < -0.4 is 10.6 Å². The highest BCUT2D eigenvalue weighted by atomic mass is 16.5. The van der Waals surface area contributed by atoms with Crippen LogP contribution in [0.25, 0.3) is 0 Å². The van der Waals surface area contributed by atoms with Crippen molar-refractivity contribution in [2.75, 3.05) is 37.9 Å². The molecule has 1 fully saturated rings. The van der Waals surface area contributed by atoms with Gasteiger partial charge >= 0.3 is 0 Å². The zero-order valence-electron chi connectivity index (χ0n) is 12.8. The minimum Gasteiger partial charge on any atom is -0.385 e. The van der Waals surface area contributed by atoms with E-state index in [1.54, 1.807) is 7.11 Å². The summed E-state index contributed by atoms with van der Waals surface area (Å²) in [5.41, 5.74) is 0.422. The Kier molecular flexibility index (Phi) is 5.17. The number of nitrogens with one attached hydrogen (secondary N) is 2. The van der Waals surface area contributed by atoms with Crippen LogP contribution in [-0.4, -0.2) is 37.3 Å². The van der Waals surface area contributed by atoms with Gasteiger partial charge in [0.05, 0.1) is 0 Å². The van der Waals surface area contributed by atoms with E-state index in [4.69, 9.17) is 4.74 Å². The second kappa shape index (κ2) is 6.88. The second-order valence-electron chi connectivity index (χ2n) is 5.65. The van der Waals surface area contributed by atoms with Crippen molar-refractivity contribution >= 4 is 11.6 Å². The molecule has 112 valence electrons. The Hall–Kier alpha value is -1.36. The Morgan fingerprint density at radius 1 is 1.30 bits per heavy atom. The Morgan fingerprint density at radius 2 is 2.05 bits per heavy atom. The molecule has 0 bridgehead atoms. The van der Waals surface area contributed by atoms with Crippen LogP contribution in [0.3, 0.4) is 0 Å². The van der Waals surface area contributed by atoms with Gasteiger partial charge in [0, 0.05) is 39.8 Å². The van der Waals surface area contributed by atoms with Crippen molar-refractivity contribution in [3.63, 3.8) is 0 Å². The fourth-order valence-corrected chi connectivity index (χ4v) is 2.34. The number of ether oxygens (including phenoxy) is 1. The van der Waals surface area contributed by atoms with Crippen molar-refractivity contribution in [2.45, 2.75) is 39.0 Å². The van der Waals surface area contributed by atoms with Crippen LogP contribution >= 0.6 is 0 Å². The average molecular weight is 278 g/mol. The maximum atomic E-state index is 5.19. The number of aromatic nitrogens is 2. The van der Waals surface area contributed by atoms with Crippen molar-refractivity contribution < 1.29 is 4.74 Å². The third-order valence-corrected chi connectivity index (χ3v) is 3.94. The summed E-state index contributed by atoms with van der Waals surface area (Å²) < 4.78 is 5.19. The summed E-state index contributed by atoms with van der Waals surface area (Å²) >= 11 is 0. The second-order valence-corrected chi connectivity index (χ2v) is 5.65. The molecule has 1 aromatic heterocycles. The first kappa shape index (κ1) is 15.0. The van der Waals surface area contributed by atoms with E-state index < -0.39 is 0 Å². The van der Waals surface area contributed by atoms with Gasteiger partial charge in [-0.15, -0.1) is 0 Å². The number of anilines is 2. The van der Waals surface area contributed by atoms with E-state index in [-0.39, 0.29) is 0 Å². The van der Waals surface area contributed by atoms with Crippen molar-refractivity contribution in [1.82, 2.24) is 9.97 Å². The van der Waals surface area contributed by atoms with Crippen molar-refractivity contribution in [2.24, 2.45) is 5.41 Å². The lowest BCUT2D eigenvalue weighted by molar-refractivity contribution is 0.175. The predicted octanol–water partition coefficient (Wildman–Crippen LogP) is 2.70. The van der Waals surface area contributed by atoms with E-state index in [9.17, 15) is 0 Å². The number of hydrogen-bond donors (Lipinski definition) is 2. The summed E-state index contributed by atoms with van der Waals surface area (Å²) in [6.07, 6.45) is 5.68. The summed E-state index contributed by atoms with van der Waals surface area (Å²) in [4.78, 5) is 9.06. The third-order valence-electron chi connectivity index (χ3n) is 3.94. The van der Waals surface area contributed by atoms with Crippen molar-refractivity contribution in [3.8, 4) is 0 Å². The smallest absolute Gasteiger partial charge is 0.133 e. The topological polar surface area (TPSA) is 59.1 Å². The van der Waals surface area contributed by atoms with Gasteiger partial charge in [-0.05, 0) is 31.1 Å². The molecule has 1 heterocycles. The molecule has 0 unspecified atom stereocenters. The Bertz CT molecular complexity index is 432. The molecule has 0 atom stereocenters. The van der Waals surface area contributed by atoms with Gasteiger partial charge in [0.2, 0.25) is 0 Å². The van der Waals surface area contributed by atoms with Crippen LogP contribution in [0.5, 0.6) is 0 Å². The molecule has 0 aromatic carbocycles. The highest BCUT2D eigenvalue weighted by Crippen LogP contribution is 2.48. The minimum absolute atomic E-state index is 0.422. The first-order chi connectivity index (χ1) is 9.71. The van der Waals surface area contributed by atoms with Crippen LogP contribution in [0.4, 0.5) is 11.6 Å². The van der Waals surface area contributed by atoms with Crippen molar-refractivity contribution in [3.05, 3.63) is 11.9 Å². The lowest BCUT2D eigenvalue weighted by Gasteiger charge is -2.16. The molecule has 0 saturated heterocycles. The van der Waals surface area contributed by atoms with E-state index >= 15 is 0 Å². The predicted molar refractivity (Wildman–Crippen MR) is 82.2 cm³/mol. The fourth-order valence-electron chi connectivity index (χ4n) is 2.34. The van der Waals surface area contributed by atoms with Gasteiger partial charge in [0.15, 0.2) is 0 Å². The molecule has 2 N–H and O–H groups in total. The van der Waals surface area contributed by atoms with Gasteiger partial charge in [-0.1, -0.05) is 6.92 Å². The number of rotatable bonds is 9. The molecular weight excluding hydrogens is 252 g/mol. The maximum Gasteiger partial charge on any atom is 0.133 e. The standard InChI is InChI=1S/C15H26N4O/c1-4-5-12-18-13(16-2)10-14(19-12)17-11-15(6-7-15)8-9-20-3/h10H,4-9,11H2,1-3H3,(H2,16,17,18,19). The lowest BCUT2D eigenvalue weighted by atomic mass is 10.0. The zero-order valence-corrected chi connectivity index (χ0v) is 12.8. The molecule has 0 amide bonds. The maximum absolute atomic E-state index is 5.19. The SMILES string of the molecule is CCCc1nc(NC)cc(NCC2(CCOC)CC2)n1. The van der Waals surface area contributed by atoms with Crippen LogP contribution in [-0.2, 0) is 11.2 Å². The quantitative estimate of drug-likeness (QED) is 0.727. The molecule has 2 rings (SSSR count). The summed E-state index contributed by atoms with van der Waals surface area (Å²) in [6.45, 7) is 3.96. The molecule has 1 aromatic rings. The molecule has 0 aliphatic heterocycles. The molecule has 20 heavy (non-hydrogen) atoms. The number of nitrogens with zero attached hydrogens (tertiary/aromatic N) is 2. The molecule has 0 radical (unpaired) electrons. The fraction of sp³-hybridized carbons (Fsp3) is 0.733. The highest BCUT2D eigenvalue weighted by molar-refractivity contribution is 5.47. The first-order valence-electron chi connectivity index (χ1n) is 7.50. The van der Waals surface area contributed by atoms with Crippen LogP contribution in [0, 0.1) is 5.41 Å². The Balaban J connectivity index is 1.96. The van der Waals surface area contributed by atoms with Gasteiger partial charge < -0.3 is 15.4 Å². The van der Waals surface area contributed by atoms with E-state index in [1.807, 2.05) is 13.1 Å². The summed E-state index contributed by atoms with van der Waals surface area (Å²) in [7, 11) is 3.66. The average Bonchev–Trinajstić information content (AvgIpc) is 3.24. The highest BCUT2D eigenvalue weighted by Gasteiger charge is 2.41. The minimum atomic E-state index is 0.422. The Morgan fingerprint density at radius 3 is 2.65 bits per heavy atom. The van der Waals surface area contributed by atoms with Crippen molar-refractivity contribution in [1.29, 1.82) is 0 Å². The monoisotopic (exact) mass is 278 g/mol. The van der Waals surface area contributed by atoms with Gasteiger partial charge in [0.1, 0.15) is 17.5 Å². The zero-order chi connectivity index (χ0) is 14.4. The van der Waals surface area contributed by atoms with Crippen LogP contribution in [0.2, 0.25) is 0 Å². The van der Waals surface area contributed by atoms with E-state index in [0.717, 1.165) is 49.9 Å². The van der Waals surface area contributed by atoms with Gasteiger partial charge in [-0.2, -0.15) is 0 Å². The Labute approximate surface area is 121 Å². The van der Waals surface area contributed by atoms with Gasteiger partial charge in [-0.3, -0.25) is 0 Å². The van der Waals surface area contributed by atoms with Crippen LogP contribution in [0.1, 0.15) is 38.4 Å². The molecular formula is C15H26N4O. The third kappa shape index (κ3) is 4.07. The van der Waals surface area contributed by atoms with E-state index in [2.05, 4.69) is 27.5 Å². The van der Waals surface area contributed by atoms with E-state index in [1.165, 1.54) is 12.8 Å². The first-order valence-corrected chi connectivity index (χ1v) is 7.50. The molecule has 5 heteroatoms. The molecule has 5 nitrogen and oxygen atoms in total. The normalized spacial score (nSPS) is 15.9. The molecule has 1 saturated carbocycles. The number of aryl methyl sites for hydroxylation is 1. The number of methoxy groups -OCH3 is 1. The molecule has 0 spiro atoms. The summed E-state index contributed by atoms with van der Waals surface area (Å²) in [5.74, 6) is 2.72. The largest absolute Gasteiger partial charge is 0.385 e. The van der Waals surface area contributed by atoms with Gasteiger partial charge in [-0.25, -0.2) is 9.97 Å². The summed E-state index contributed by atoms with van der Waals surface area (Å²) in [6, 6.07) is 1.98. The lowest BCUT2D eigenvalue weighted by Crippen LogP contribution is -2.18. The van der Waals surface area contributed by atoms with Gasteiger partial charge in [0.25, 0.3) is 0 Å². The number of hydrogen-bond acceptors (Lipinski definition) is 5. The summed E-state index contributed by atoms with van der Waals surface area (Å²) in [5, 5.41) is 6.59. The molecule has 1 aliphatic carbocycles. The van der Waals surface area contributed by atoms with E-state index in [0.29, 0.717) is 5.41 Å². The molecule has 1 aliphatic rings.